The molecule has 1 N–H and O–H groups in total. The number of nitrogens with one attached hydrogen (secondary N) is 1. The van der Waals surface area contributed by atoms with Crippen LogP contribution in [0.15, 0.2) is 9.63 Å². The molecule has 0 aliphatic heterocycles. The third-order valence-electron chi connectivity index (χ3n) is 1.52. The van der Waals surface area contributed by atoms with Crippen molar-refractivity contribution in [2.45, 2.75) is 18.0 Å². The van der Waals surface area contributed by atoms with Crippen LogP contribution in [0.5, 0.6) is 0 Å². The molecule has 15 heavy (non-hydrogen) atoms. The van der Waals surface area contributed by atoms with E-state index in [0.717, 1.165) is 4.68 Å². The summed E-state index contributed by atoms with van der Waals surface area (Å²) in [6.07, 6.45) is 0. The quantitative estimate of drug-likeness (QED) is 0.829. The molecular formula is C6H8BrN5O2S. The number of halogens is 1. The molecule has 0 aliphatic carbocycles. The highest BCUT2D eigenvalue weighted by Crippen LogP contribution is 2.17. The van der Waals surface area contributed by atoms with Gasteiger partial charge in [-0.1, -0.05) is 5.21 Å². The number of sulfonamides is 1. The van der Waals surface area contributed by atoms with Crippen molar-refractivity contribution in [2.75, 3.05) is 0 Å². The van der Waals surface area contributed by atoms with E-state index in [0.29, 0.717) is 0 Å². The number of nitriles is 1. The molecule has 7 nitrogen and oxygen atoms in total. The standard InChI is InChI=1S/C6H8BrN5O2S/c1-4(3-8)10-15(13,14)6-5(7)9-11-12(6)2/h4,10H,1-2H3. The van der Waals surface area contributed by atoms with Crippen molar-refractivity contribution >= 4 is 26.0 Å². The first kappa shape index (κ1) is 12.1. The van der Waals surface area contributed by atoms with Crippen LogP contribution >= 0.6 is 15.9 Å². The van der Waals surface area contributed by atoms with Crippen molar-refractivity contribution in [1.82, 2.24) is 19.7 Å². The zero-order valence-corrected chi connectivity index (χ0v) is 10.4. The van der Waals surface area contributed by atoms with Gasteiger partial charge in [-0.15, -0.1) is 5.10 Å². The first-order valence-electron chi connectivity index (χ1n) is 3.85. The highest BCUT2D eigenvalue weighted by molar-refractivity contribution is 9.10. The summed E-state index contributed by atoms with van der Waals surface area (Å²) in [6, 6.07) is 0.958. The van der Waals surface area contributed by atoms with Crippen molar-refractivity contribution in [3.8, 4) is 6.07 Å². The van der Waals surface area contributed by atoms with E-state index in [9.17, 15) is 8.42 Å². The van der Waals surface area contributed by atoms with Crippen LogP contribution in [0.4, 0.5) is 0 Å². The van der Waals surface area contributed by atoms with Gasteiger partial charge in [0.05, 0.1) is 6.07 Å². The summed E-state index contributed by atoms with van der Waals surface area (Å²) in [4.78, 5) is 0. The Morgan fingerprint density at radius 1 is 1.67 bits per heavy atom. The van der Waals surface area contributed by atoms with E-state index in [1.54, 1.807) is 6.07 Å². The van der Waals surface area contributed by atoms with Gasteiger partial charge in [-0.3, -0.25) is 0 Å². The maximum atomic E-state index is 11.7. The molecule has 1 aromatic rings. The van der Waals surface area contributed by atoms with Crippen LogP contribution in [0.2, 0.25) is 0 Å². The maximum absolute atomic E-state index is 11.7. The third kappa shape index (κ3) is 2.53. The maximum Gasteiger partial charge on any atom is 0.261 e. The minimum Gasteiger partial charge on any atom is -0.235 e. The largest absolute Gasteiger partial charge is 0.261 e. The fourth-order valence-corrected chi connectivity index (χ4v) is 3.17. The molecule has 0 aromatic carbocycles. The summed E-state index contributed by atoms with van der Waals surface area (Å²) in [5, 5.41) is 15.5. The molecule has 0 bridgehead atoms. The fraction of sp³-hybridized carbons (Fsp3) is 0.500. The highest BCUT2D eigenvalue weighted by atomic mass is 79.9. The summed E-state index contributed by atoms with van der Waals surface area (Å²) in [5.74, 6) is 0. The molecule has 1 rings (SSSR count). The molecule has 0 spiro atoms. The Kier molecular flexibility index (Phi) is 3.43. The summed E-state index contributed by atoms with van der Waals surface area (Å²) in [7, 11) is -2.32. The number of aryl methyl sites for hydroxylation is 1. The molecule has 0 saturated heterocycles. The lowest BCUT2D eigenvalue weighted by Gasteiger charge is -2.07. The van der Waals surface area contributed by atoms with E-state index in [4.69, 9.17) is 5.26 Å². The number of hydrogen-bond acceptors (Lipinski definition) is 5. The Balaban J connectivity index is 3.14. The third-order valence-corrected chi connectivity index (χ3v) is 3.94. The summed E-state index contributed by atoms with van der Waals surface area (Å²) >= 11 is 2.97. The van der Waals surface area contributed by atoms with Gasteiger partial charge in [-0.05, 0) is 22.9 Å². The zero-order valence-electron chi connectivity index (χ0n) is 7.97. The number of aromatic nitrogens is 3. The molecule has 0 radical (unpaired) electrons. The van der Waals surface area contributed by atoms with E-state index in [1.165, 1.54) is 14.0 Å². The van der Waals surface area contributed by atoms with E-state index in [-0.39, 0.29) is 9.63 Å². The smallest absolute Gasteiger partial charge is 0.235 e. The van der Waals surface area contributed by atoms with Gasteiger partial charge < -0.3 is 0 Å². The average Bonchev–Trinajstić information content (AvgIpc) is 2.45. The van der Waals surface area contributed by atoms with Gasteiger partial charge in [-0.2, -0.15) is 9.98 Å². The first-order valence-corrected chi connectivity index (χ1v) is 6.13. The minimum atomic E-state index is -3.77. The summed E-state index contributed by atoms with van der Waals surface area (Å²) in [5.41, 5.74) is 0. The van der Waals surface area contributed by atoms with E-state index in [2.05, 4.69) is 31.0 Å². The molecule has 1 heterocycles. The second kappa shape index (κ2) is 4.26. The lowest BCUT2D eigenvalue weighted by Crippen LogP contribution is -2.32. The van der Waals surface area contributed by atoms with Crippen LogP contribution in [0.25, 0.3) is 0 Å². The predicted molar refractivity (Wildman–Crippen MR) is 54.1 cm³/mol. The summed E-state index contributed by atoms with van der Waals surface area (Å²) in [6.45, 7) is 1.44. The molecule has 9 heteroatoms. The van der Waals surface area contributed by atoms with Gasteiger partial charge in [0.15, 0.2) is 4.60 Å². The van der Waals surface area contributed by atoms with E-state index < -0.39 is 16.1 Å². The Bertz CT molecular complexity index is 483. The Labute approximate surface area is 95.3 Å². The van der Waals surface area contributed by atoms with Gasteiger partial charge in [0.25, 0.3) is 10.0 Å². The molecule has 1 atom stereocenters. The molecular weight excluding hydrogens is 286 g/mol. The van der Waals surface area contributed by atoms with Crippen LogP contribution in [0, 0.1) is 11.3 Å². The average molecular weight is 294 g/mol. The number of hydrogen-bond donors (Lipinski definition) is 1. The zero-order chi connectivity index (χ0) is 11.6. The van der Waals surface area contributed by atoms with Crippen LogP contribution in [-0.2, 0) is 17.1 Å². The van der Waals surface area contributed by atoms with Gasteiger partial charge >= 0.3 is 0 Å². The van der Waals surface area contributed by atoms with Crippen LogP contribution in [-0.4, -0.2) is 29.5 Å². The van der Waals surface area contributed by atoms with Crippen molar-refractivity contribution < 1.29 is 8.42 Å². The topological polar surface area (TPSA) is 101 Å². The van der Waals surface area contributed by atoms with Crippen LogP contribution in [0.1, 0.15) is 6.92 Å². The number of rotatable bonds is 3. The Morgan fingerprint density at radius 3 is 2.67 bits per heavy atom. The monoisotopic (exact) mass is 293 g/mol. The molecule has 0 fully saturated rings. The second-order valence-corrected chi connectivity index (χ2v) is 5.16. The molecule has 1 aromatic heterocycles. The molecule has 0 saturated carbocycles. The van der Waals surface area contributed by atoms with Gasteiger partial charge in [0.1, 0.15) is 6.04 Å². The van der Waals surface area contributed by atoms with Crippen molar-refractivity contribution in [3.05, 3.63) is 4.60 Å². The molecule has 82 valence electrons. The second-order valence-electron chi connectivity index (χ2n) is 2.78. The van der Waals surface area contributed by atoms with Crippen LogP contribution < -0.4 is 4.72 Å². The molecule has 0 aliphatic rings. The van der Waals surface area contributed by atoms with Gasteiger partial charge in [0, 0.05) is 7.05 Å². The predicted octanol–water partition coefficient (Wildman–Crippen LogP) is -0.232. The lowest BCUT2D eigenvalue weighted by atomic mass is 10.4. The normalized spacial score (nSPS) is 13.5. The Morgan fingerprint density at radius 2 is 2.27 bits per heavy atom. The van der Waals surface area contributed by atoms with Crippen molar-refractivity contribution in [1.29, 1.82) is 5.26 Å². The first-order chi connectivity index (χ1) is 6.88. The fourth-order valence-electron chi connectivity index (χ4n) is 0.923. The van der Waals surface area contributed by atoms with Gasteiger partial charge in [0.2, 0.25) is 5.03 Å². The highest BCUT2D eigenvalue weighted by Gasteiger charge is 2.25. The minimum absolute atomic E-state index is 0.107. The van der Waals surface area contributed by atoms with Crippen LogP contribution in [0.3, 0.4) is 0 Å². The molecule has 0 amide bonds. The number of nitrogens with zero attached hydrogens (tertiary/aromatic N) is 4. The summed E-state index contributed by atoms with van der Waals surface area (Å²) < 4.78 is 26.8. The van der Waals surface area contributed by atoms with E-state index >= 15 is 0 Å². The van der Waals surface area contributed by atoms with E-state index in [1.807, 2.05) is 0 Å². The SMILES string of the molecule is CC(C#N)NS(=O)(=O)c1c(Br)nnn1C. The lowest BCUT2D eigenvalue weighted by molar-refractivity contribution is 0.556. The van der Waals surface area contributed by atoms with Crippen molar-refractivity contribution in [2.24, 2.45) is 7.05 Å². The van der Waals surface area contributed by atoms with Crippen molar-refractivity contribution in [3.63, 3.8) is 0 Å². The van der Waals surface area contributed by atoms with Gasteiger partial charge in [-0.25, -0.2) is 13.1 Å². The molecule has 1 unspecified atom stereocenters. The Hall–Kier alpha value is -0.980.